The van der Waals surface area contributed by atoms with Crippen molar-refractivity contribution in [1.29, 1.82) is 0 Å². The Morgan fingerprint density at radius 1 is 0.383 bits per heavy atom. The summed E-state index contributed by atoms with van der Waals surface area (Å²) in [5.41, 5.74) is 18.3. The minimum Gasteiger partial charge on any atom is -0.310 e. The molecule has 0 saturated carbocycles. The van der Waals surface area contributed by atoms with Crippen molar-refractivity contribution in [3.8, 4) is 33.4 Å². The molecular formula is C58H41NS. The van der Waals surface area contributed by atoms with Crippen LogP contribution in [0.25, 0.3) is 53.6 Å². The maximum atomic E-state index is 2.51. The first-order valence-electron chi connectivity index (χ1n) is 20.9. The number of nitrogens with zero attached hydrogens (tertiary/aromatic N) is 1. The normalized spacial score (nSPS) is 14.1. The van der Waals surface area contributed by atoms with Crippen molar-refractivity contribution in [2.45, 2.75) is 24.7 Å². The Morgan fingerprint density at radius 2 is 0.967 bits per heavy atom. The van der Waals surface area contributed by atoms with Gasteiger partial charge in [0.05, 0.1) is 11.1 Å². The molecule has 2 heteroatoms. The van der Waals surface area contributed by atoms with E-state index in [9.17, 15) is 0 Å². The Morgan fingerprint density at radius 3 is 1.73 bits per heavy atom. The van der Waals surface area contributed by atoms with Crippen LogP contribution in [0.3, 0.4) is 0 Å². The number of fused-ring (bicyclic) bond motifs is 9. The molecule has 1 aromatic heterocycles. The molecule has 1 heterocycles. The minimum atomic E-state index is -0.494. The summed E-state index contributed by atoms with van der Waals surface area (Å²) in [6.45, 7) is 4.75. The first-order chi connectivity index (χ1) is 29.5. The number of anilines is 3. The fourth-order valence-electron chi connectivity index (χ4n) is 10.6. The fraction of sp³-hybridized carbons (Fsp3) is 0.0690. The van der Waals surface area contributed by atoms with Crippen LogP contribution in [0.5, 0.6) is 0 Å². The van der Waals surface area contributed by atoms with Gasteiger partial charge in [-0.1, -0.05) is 178 Å². The lowest BCUT2D eigenvalue weighted by molar-refractivity contribution is 0.660. The van der Waals surface area contributed by atoms with Crippen LogP contribution in [0, 0.1) is 0 Å². The van der Waals surface area contributed by atoms with Gasteiger partial charge in [0.15, 0.2) is 0 Å². The average molecular weight is 784 g/mol. The van der Waals surface area contributed by atoms with Crippen molar-refractivity contribution in [2.24, 2.45) is 0 Å². The van der Waals surface area contributed by atoms with E-state index in [-0.39, 0.29) is 5.41 Å². The van der Waals surface area contributed by atoms with Gasteiger partial charge in [-0.3, -0.25) is 0 Å². The van der Waals surface area contributed by atoms with Crippen LogP contribution >= 0.6 is 11.3 Å². The lowest BCUT2D eigenvalue weighted by atomic mass is 9.68. The van der Waals surface area contributed by atoms with E-state index in [1.807, 2.05) is 11.3 Å². The van der Waals surface area contributed by atoms with Crippen LogP contribution in [0.4, 0.5) is 17.1 Å². The van der Waals surface area contributed by atoms with Gasteiger partial charge in [-0.2, -0.15) is 0 Å². The maximum Gasteiger partial charge on any atom is 0.0714 e. The lowest BCUT2D eigenvalue weighted by Gasteiger charge is -2.34. The van der Waals surface area contributed by atoms with Crippen molar-refractivity contribution in [2.75, 3.05) is 4.90 Å². The van der Waals surface area contributed by atoms with Gasteiger partial charge in [0, 0.05) is 42.5 Å². The molecule has 0 aliphatic heterocycles. The number of hydrogen-bond donors (Lipinski definition) is 0. The van der Waals surface area contributed by atoms with Crippen molar-refractivity contribution < 1.29 is 0 Å². The third-order valence-electron chi connectivity index (χ3n) is 13.4. The summed E-state index contributed by atoms with van der Waals surface area (Å²) in [4.78, 5) is 2.51. The first kappa shape index (κ1) is 35.0. The standard InChI is InChI=1S/C58H41NS/c1-57(2)49-23-12-9-20-44(49)45-34-33-43(37-52(45)57)59(42-31-28-38(29-32-42)39-30-35-55-48(36-39)46-21-11-14-27-54(46)60-55)53-26-15-25-51-56(53)47-22-10-13-24-50(47)58(51,40-16-5-3-6-17-40)41-18-7-4-8-19-41/h3-37H,1-2H3. The van der Waals surface area contributed by atoms with Crippen molar-refractivity contribution in [1.82, 2.24) is 0 Å². The molecule has 0 unspecified atom stereocenters. The third kappa shape index (κ3) is 4.98. The van der Waals surface area contributed by atoms with Crippen LogP contribution in [0.2, 0.25) is 0 Å². The molecule has 0 saturated heterocycles. The predicted octanol–water partition coefficient (Wildman–Crippen LogP) is 15.9. The summed E-state index contributed by atoms with van der Waals surface area (Å²) in [5.74, 6) is 0. The van der Waals surface area contributed by atoms with E-state index in [2.05, 4.69) is 231 Å². The highest BCUT2D eigenvalue weighted by Crippen LogP contribution is 2.60. The third-order valence-corrected chi connectivity index (χ3v) is 14.5. The smallest absolute Gasteiger partial charge is 0.0714 e. The molecule has 2 aliphatic carbocycles. The summed E-state index contributed by atoms with van der Waals surface area (Å²) in [6.07, 6.45) is 0. The van der Waals surface area contributed by atoms with Crippen LogP contribution in [-0.4, -0.2) is 0 Å². The highest BCUT2D eigenvalue weighted by Gasteiger charge is 2.47. The van der Waals surface area contributed by atoms with E-state index in [4.69, 9.17) is 0 Å². The number of hydrogen-bond acceptors (Lipinski definition) is 2. The van der Waals surface area contributed by atoms with Crippen LogP contribution in [0.15, 0.2) is 212 Å². The molecule has 0 N–H and O–H groups in total. The molecule has 60 heavy (non-hydrogen) atoms. The predicted molar refractivity (Wildman–Crippen MR) is 254 cm³/mol. The molecule has 0 amide bonds. The largest absolute Gasteiger partial charge is 0.310 e. The summed E-state index contributed by atoms with van der Waals surface area (Å²) in [6, 6.07) is 79.3. The Balaban J connectivity index is 1.09. The Labute approximate surface area is 355 Å². The fourth-order valence-corrected chi connectivity index (χ4v) is 11.7. The van der Waals surface area contributed by atoms with E-state index in [1.54, 1.807) is 0 Å². The highest BCUT2D eigenvalue weighted by atomic mass is 32.1. The van der Waals surface area contributed by atoms with Gasteiger partial charge in [0.25, 0.3) is 0 Å². The van der Waals surface area contributed by atoms with Gasteiger partial charge in [-0.25, -0.2) is 0 Å². The van der Waals surface area contributed by atoms with Crippen molar-refractivity contribution in [3.63, 3.8) is 0 Å². The van der Waals surface area contributed by atoms with E-state index in [1.165, 1.54) is 92.6 Å². The molecule has 2 aliphatic rings. The van der Waals surface area contributed by atoms with Gasteiger partial charge in [0.2, 0.25) is 0 Å². The van der Waals surface area contributed by atoms with E-state index in [0.717, 1.165) is 11.4 Å². The summed E-state index contributed by atoms with van der Waals surface area (Å²) in [5, 5.41) is 2.64. The zero-order valence-corrected chi connectivity index (χ0v) is 34.4. The second-order valence-corrected chi connectivity index (χ2v) is 17.9. The van der Waals surface area contributed by atoms with Gasteiger partial charge in [-0.15, -0.1) is 11.3 Å². The van der Waals surface area contributed by atoms with Crippen LogP contribution in [0.1, 0.15) is 47.2 Å². The summed E-state index contributed by atoms with van der Waals surface area (Å²) in [7, 11) is 0. The number of benzene rings is 9. The van der Waals surface area contributed by atoms with E-state index in [0.29, 0.717) is 0 Å². The molecule has 284 valence electrons. The molecule has 0 fully saturated rings. The molecule has 1 nitrogen and oxygen atoms in total. The summed E-state index contributed by atoms with van der Waals surface area (Å²) >= 11 is 1.87. The van der Waals surface area contributed by atoms with Gasteiger partial charge >= 0.3 is 0 Å². The number of rotatable bonds is 6. The Kier molecular flexibility index (Phi) is 7.73. The monoisotopic (exact) mass is 783 g/mol. The molecule has 10 aromatic rings. The molecule has 0 radical (unpaired) electrons. The molecule has 0 bridgehead atoms. The van der Waals surface area contributed by atoms with Gasteiger partial charge in [0.1, 0.15) is 0 Å². The van der Waals surface area contributed by atoms with Gasteiger partial charge in [-0.05, 0) is 110 Å². The quantitative estimate of drug-likeness (QED) is 0.162. The summed E-state index contributed by atoms with van der Waals surface area (Å²) < 4.78 is 2.65. The zero-order valence-electron chi connectivity index (χ0n) is 33.6. The molecular weight excluding hydrogens is 743 g/mol. The minimum absolute atomic E-state index is 0.136. The topological polar surface area (TPSA) is 3.24 Å². The second kappa shape index (κ2) is 13.3. The Bertz CT molecular complexity index is 3240. The highest BCUT2D eigenvalue weighted by molar-refractivity contribution is 7.25. The second-order valence-electron chi connectivity index (χ2n) is 16.8. The first-order valence-corrected chi connectivity index (χ1v) is 21.7. The van der Waals surface area contributed by atoms with Crippen LogP contribution in [-0.2, 0) is 10.8 Å². The molecule has 0 spiro atoms. The maximum absolute atomic E-state index is 2.51. The van der Waals surface area contributed by atoms with Gasteiger partial charge < -0.3 is 4.90 Å². The van der Waals surface area contributed by atoms with E-state index < -0.39 is 5.41 Å². The Hall–Kier alpha value is -7.00. The van der Waals surface area contributed by atoms with Crippen molar-refractivity contribution in [3.05, 3.63) is 246 Å². The average Bonchev–Trinajstić information content (AvgIpc) is 3.91. The van der Waals surface area contributed by atoms with Crippen LogP contribution < -0.4 is 4.90 Å². The molecule has 12 rings (SSSR count). The number of thiophene rings is 1. The molecule has 0 atom stereocenters. The lowest BCUT2D eigenvalue weighted by Crippen LogP contribution is -2.28. The van der Waals surface area contributed by atoms with Crippen molar-refractivity contribution >= 4 is 48.6 Å². The molecule has 9 aromatic carbocycles. The van der Waals surface area contributed by atoms with E-state index >= 15 is 0 Å². The zero-order chi connectivity index (χ0) is 40.0. The SMILES string of the molecule is CC1(C)c2ccccc2-c2ccc(N(c3ccc(-c4ccc5sc6ccccc6c5c4)cc3)c3cccc4c3-c3ccccc3C4(c3ccccc3)c3ccccc3)cc21.